The van der Waals surface area contributed by atoms with E-state index in [-0.39, 0.29) is 11.9 Å². The zero-order chi connectivity index (χ0) is 15.0. The van der Waals surface area contributed by atoms with Crippen molar-refractivity contribution >= 4 is 27.6 Å². The first kappa shape index (κ1) is 14.1. The number of rotatable bonds is 2. The van der Waals surface area contributed by atoms with Gasteiger partial charge in [-0.25, -0.2) is 4.39 Å². The maximum absolute atomic E-state index is 13.5. The first-order valence-corrected chi connectivity index (χ1v) is 7.47. The molecule has 108 valence electrons. The summed E-state index contributed by atoms with van der Waals surface area (Å²) in [6.45, 7) is 2.33. The lowest BCUT2D eigenvalue weighted by atomic mass is 10.0. The Balaban J connectivity index is 2.03. The fraction of sp³-hybridized carbons (Fsp3) is 0.188. The van der Waals surface area contributed by atoms with Crippen LogP contribution in [-0.4, -0.2) is 12.5 Å². The number of aryl methyl sites for hydroxylation is 1. The molecule has 3 rings (SSSR count). The van der Waals surface area contributed by atoms with Gasteiger partial charge >= 0.3 is 0 Å². The number of anilines is 1. The molecule has 1 aliphatic heterocycles. The van der Waals surface area contributed by atoms with E-state index in [2.05, 4.69) is 20.9 Å². The van der Waals surface area contributed by atoms with Gasteiger partial charge in [-0.2, -0.15) is 0 Å². The van der Waals surface area contributed by atoms with Gasteiger partial charge in [-0.3, -0.25) is 4.99 Å². The second-order valence-electron chi connectivity index (χ2n) is 5.04. The molecular weight excluding hydrogens is 333 g/mol. The summed E-state index contributed by atoms with van der Waals surface area (Å²) in [4.78, 5) is 6.33. The molecule has 2 N–H and O–H groups in total. The Hall–Kier alpha value is -1.88. The van der Waals surface area contributed by atoms with E-state index in [0.717, 1.165) is 15.7 Å². The van der Waals surface area contributed by atoms with Gasteiger partial charge in [0.1, 0.15) is 5.82 Å². The zero-order valence-electron chi connectivity index (χ0n) is 11.6. The van der Waals surface area contributed by atoms with Crippen LogP contribution in [-0.2, 0) is 0 Å². The van der Waals surface area contributed by atoms with Crippen LogP contribution >= 0.6 is 15.9 Å². The number of guanidine groups is 1. The van der Waals surface area contributed by atoms with Crippen molar-refractivity contribution in [2.75, 3.05) is 11.4 Å². The van der Waals surface area contributed by atoms with E-state index in [1.54, 1.807) is 13.0 Å². The molecule has 5 heteroatoms. The van der Waals surface area contributed by atoms with E-state index >= 15 is 0 Å². The number of nitrogens with zero attached hydrogens (tertiary/aromatic N) is 2. The van der Waals surface area contributed by atoms with E-state index in [1.807, 2.05) is 35.2 Å². The average molecular weight is 348 g/mol. The highest BCUT2D eigenvalue weighted by atomic mass is 79.9. The minimum atomic E-state index is -0.196. The summed E-state index contributed by atoms with van der Waals surface area (Å²) in [5.41, 5.74) is 8.66. The lowest BCUT2D eigenvalue weighted by molar-refractivity contribution is 0.616. The van der Waals surface area contributed by atoms with E-state index in [4.69, 9.17) is 5.73 Å². The fourth-order valence-corrected chi connectivity index (χ4v) is 3.04. The highest BCUT2D eigenvalue weighted by Crippen LogP contribution is 2.35. The Morgan fingerprint density at radius 1 is 1.29 bits per heavy atom. The third kappa shape index (κ3) is 2.53. The van der Waals surface area contributed by atoms with Gasteiger partial charge in [0.2, 0.25) is 0 Å². The maximum Gasteiger partial charge on any atom is 0.196 e. The third-order valence-corrected chi connectivity index (χ3v) is 4.33. The van der Waals surface area contributed by atoms with Gasteiger partial charge in [-0.1, -0.05) is 24.3 Å². The van der Waals surface area contributed by atoms with Crippen molar-refractivity contribution in [2.45, 2.75) is 13.0 Å². The van der Waals surface area contributed by atoms with Crippen LogP contribution in [0, 0.1) is 12.7 Å². The van der Waals surface area contributed by atoms with Crippen molar-refractivity contribution in [3.8, 4) is 0 Å². The average Bonchev–Trinajstić information content (AvgIpc) is 2.84. The van der Waals surface area contributed by atoms with Crippen LogP contribution in [0.25, 0.3) is 0 Å². The lowest BCUT2D eigenvalue weighted by Gasteiger charge is -2.27. The van der Waals surface area contributed by atoms with Gasteiger partial charge in [-0.05, 0) is 52.2 Å². The molecule has 0 spiro atoms. The predicted octanol–water partition coefficient (Wildman–Crippen LogP) is 3.77. The van der Waals surface area contributed by atoms with Gasteiger partial charge in [0.25, 0.3) is 0 Å². The maximum atomic E-state index is 13.5. The first-order chi connectivity index (χ1) is 10.1. The molecule has 2 aromatic carbocycles. The Kier molecular flexibility index (Phi) is 3.68. The minimum absolute atomic E-state index is 0.0111. The second-order valence-corrected chi connectivity index (χ2v) is 5.90. The number of nitrogens with two attached hydrogens (primary N) is 1. The van der Waals surface area contributed by atoms with Crippen LogP contribution in [0.2, 0.25) is 0 Å². The van der Waals surface area contributed by atoms with Gasteiger partial charge in [-0.15, -0.1) is 0 Å². The van der Waals surface area contributed by atoms with E-state index < -0.39 is 0 Å². The molecule has 0 aromatic heterocycles. The molecule has 0 radical (unpaired) electrons. The van der Waals surface area contributed by atoms with Crippen LogP contribution in [0.4, 0.5) is 10.1 Å². The molecule has 0 amide bonds. The molecule has 2 aromatic rings. The van der Waals surface area contributed by atoms with E-state index in [0.29, 0.717) is 18.1 Å². The molecule has 0 fully saturated rings. The molecule has 1 unspecified atom stereocenters. The molecule has 1 atom stereocenters. The summed E-state index contributed by atoms with van der Waals surface area (Å²) >= 11 is 3.55. The Bertz CT molecular complexity index is 714. The minimum Gasteiger partial charge on any atom is -0.369 e. The number of halogens is 2. The fourth-order valence-electron chi connectivity index (χ4n) is 2.57. The van der Waals surface area contributed by atoms with Crippen molar-refractivity contribution in [3.63, 3.8) is 0 Å². The molecular formula is C16H15BrFN3. The first-order valence-electron chi connectivity index (χ1n) is 6.67. The van der Waals surface area contributed by atoms with Crippen LogP contribution < -0.4 is 10.6 Å². The van der Waals surface area contributed by atoms with Crippen LogP contribution in [0.15, 0.2) is 51.9 Å². The summed E-state index contributed by atoms with van der Waals surface area (Å²) in [5.74, 6) is 0.284. The van der Waals surface area contributed by atoms with Crippen molar-refractivity contribution in [1.82, 2.24) is 0 Å². The molecule has 0 aliphatic carbocycles. The largest absolute Gasteiger partial charge is 0.369 e. The molecule has 1 aliphatic rings. The summed E-state index contributed by atoms with van der Waals surface area (Å²) in [5, 5.41) is 0. The number of benzene rings is 2. The Labute approximate surface area is 131 Å². The third-order valence-electron chi connectivity index (χ3n) is 3.66. The highest BCUT2D eigenvalue weighted by Gasteiger charge is 2.30. The predicted molar refractivity (Wildman–Crippen MR) is 87.0 cm³/mol. The normalized spacial score (nSPS) is 18.0. The molecule has 3 nitrogen and oxygen atoms in total. The van der Waals surface area contributed by atoms with Crippen molar-refractivity contribution < 1.29 is 4.39 Å². The SMILES string of the molecule is Cc1cc(C2CN=C(N)N2c2ccccc2Br)ccc1F. The number of aliphatic imine (C=N–C) groups is 1. The highest BCUT2D eigenvalue weighted by molar-refractivity contribution is 9.10. The van der Waals surface area contributed by atoms with Gasteiger partial charge in [0.05, 0.1) is 18.3 Å². The molecule has 0 saturated carbocycles. The van der Waals surface area contributed by atoms with Gasteiger partial charge in [0, 0.05) is 4.47 Å². The Morgan fingerprint density at radius 3 is 2.76 bits per heavy atom. The van der Waals surface area contributed by atoms with Crippen LogP contribution in [0.1, 0.15) is 17.2 Å². The molecule has 0 saturated heterocycles. The Morgan fingerprint density at radius 2 is 2.05 bits per heavy atom. The summed E-state index contributed by atoms with van der Waals surface area (Å²) in [6.07, 6.45) is 0. The quantitative estimate of drug-likeness (QED) is 0.898. The number of hydrogen-bond donors (Lipinski definition) is 1. The van der Waals surface area contributed by atoms with E-state index in [9.17, 15) is 4.39 Å². The smallest absolute Gasteiger partial charge is 0.196 e. The molecule has 1 heterocycles. The van der Waals surface area contributed by atoms with Crippen LogP contribution in [0.5, 0.6) is 0 Å². The van der Waals surface area contributed by atoms with Gasteiger partial charge in [0.15, 0.2) is 5.96 Å². The summed E-state index contributed by atoms with van der Waals surface area (Å²) in [7, 11) is 0. The standard InChI is InChI=1S/C16H15BrFN3/c1-10-8-11(6-7-13(10)18)15-9-20-16(19)21(15)14-5-3-2-4-12(14)17/h2-8,15H,9H2,1H3,(H2,19,20). The van der Waals surface area contributed by atoms with Gasteiger partial charge < -0.3 is 10.6 Å². The lowest BCUT2D eigenvalue weighted by Crippen LogP contribution is -2.36. The number of para-hydroxylation sites is 1. The zero-order valence-corrected chi connectivity index (χ0v) is 13.1. The van der Waals surface area contributed by atoms with Crippen molar-refractivity contribution in [3.05, 3.63) is 63.9 Å². The number of hydrogen-bond acceptors (Lipinski definition) is 3. The molecule has 0 bridgehead atoms. The molecule has 21 heavy (non-hydrogen) atoms. The van der Waals surface area contributed by atoms with Crippen molar-refractivity contribution in [2.24, 2.45) is 10.7 Å². The summed E-state index contributed by atoms with van der Waals surface area (Å²) < 4.78 is 14.4. The monoisotopic (exact) mass is 347 g/mol. The van der Waals surface area contributed by atoms with E-state index in [1.165, 1.54) is 6.07 Å². The van der Waals surface area contributed by atoms with Crippen LogP contribution in [0.3, 0.4) is 0 Å². The summed E-state index contributed by atoms with van der Waals surface area (Å²) in [6, 6.07) is 13.0. The van der Waals surface area contributed by atoms with Crippen molar-refractivity contribution in [1.29, 1.82) is 0 Å². The second kappa shape index (κ2) is 5.48. The topological polar surface area (TPSA) is 41.6 Å².